The first-order valence-corrected chi connectivity index (χ1v) is 23.4. The van der Waals surface area contributed by atoms with Gasteiger partial charge in [-0.05, 0) is 44.9 Å². The van der Waals surface area contributed by atoms with Crippen molar-refractivity contribution in [1.82, 2.24) is 0 Å². The van der Waals surface area contributed by atoms with E-state index in [1.807, 2.05) is 0 Å². The molecule has 1 rings (SSSR count). The molecule has 1 fully saturated rings. The highest BCUT2D eigenvalue weighted by molar-refractivity contribution is 5.70. The van der Waals surface area contributed by atoms with Crippen molar-refractivity contribution < 1.29 is 49.0 Å². The summed E-state index contributed by atoms with van der Waals surface area (Å²) in [5, 5.41) is 40.1. The number of aliphatic hydroxyl groups is 4. The number of carbonyl (C=O) groups is 2. The van der Waals surface area contributed by atoms with Crippen LogP contribution in [0.25, 0.3) is 0 Å². The monoisotopic (exact) mass is 811 g/mol. The molecule has 0 aromatic rings. The number of ether oxygens (including phenoxy) is 4. The molecule has 4 N–H and O–H groups in total. The Bertz CT molecular complexity index is 985. The Morgan fingerprint density at radius 2 is 0.982 bits per heavy atom. The average molecular weight is 811 g/mol. The summed E-state index contributed by atoms with van der Waals surface area (Å²) in [4.78, 5) is 25.4. The lowest BCUT2D eigenvalue weighted by Crippen LogP contribution is -2.59. The molecule has 0 radical (unpaired) electrons. The van der Waals surface area contributed by atoms with Crippen LogP contribution in [0.2, 0.25) is 0 Å². The van der Waals surface area contributed by atoms with Gasteiger partial charge in [0.25, 0.3) is 0 Å². The molecule has 0 bridgehead atoms. The normalized spacial score (nSPS) is 20.4. The standard InChI is InChI=1S/C47H86O10/c1-3-5-7-9-11-13-15-17-19-20-22-24-26-28-30-32-34-36-43(50)56-40(39-55-47-46(53)45(52)44(51)41(37-48)57-47)38-54-42(49)35-33-31-29-27-25-23-21-18-16-14-12-10-8-6-4-2/h11,13,17,19,40-41,44-48,51-53H,3-10,12,14-16,18,20-39H2,1-2H3/b13-11-,19-17-. The Kier molecular flexibility index (Phi) is 35.8. The molecule has 334 valence electrons. The fourth-order valence-electron chi connectivity index (χ4n) is 7.10. The molecule has 57 heavy (non-hydrogen) atoms. The first kappa shape index (κ1) is 53.2. The Balaban J connectivity index is 2.31. The third kappa shape index (κ3) is 30.0. The van der Waals surface area contributed by atoms with Crippen molar-refractivity contribution in [3.05, 3.63) is 24.3 Å². The van der Waals surface area contributed by atoms with Crippen molar-refractivity contribution in [3.63, 3.8) is 0 Å². The number of aliphatic hydroxyl groups excluding tert-OH is 4. The van der Waals surface area contributed by atoms with Crippen molar-refractivity contribution in [2.24, 2.45) is 0 Å². The quantitative estimate of drug-likeness (QED) is 0.0268. The van der Waals surface area contributed by atoms with Crippen molar-refractivity contribution in [3.8, 4) is 0 Å². The lowest BCUT2D eigenvalue weighted by atomic mass is 9.99. The minimum absolute atomic E-state index is 0.217. The van der Waals surface area contributed by atoms with E-state index in [2.05, 4.69) is 38.2 Å². The number of hydrogen-bond acceptors (Lipinski definition) is 10. The molecule has 6 unspecified atom stereocenters. The summed E-state index contributed by atoms with van der Waals surface area (Å²) in [5.41, 5.74) is 0. The maximum atomic E-state index is 12.8. The average Bonchev–Trinajstić information content (AvgIpc) is 3.21. The lowest BCUT2D eigenvalue weighted by Gasteiger charge is -2.39. The summed E-state index contributed by atoms with van der Waals surface area (Å²) in [7, 11) is 0. The second kappa shape index (κ2) is 38.4. The van der Waals surface area contributed by atoms with E-state index < -0.39 is 49.4 Å². The van der Waals surface area contributed by atoms with E-state index in [0.29, 0.717) is 6.42 Å². The zero-order valence-electron chi connectivity index (χ0n) is 36.3. The van der Waals surface area contributed by atoms with Crippen LogP contribution < -0.4 is 0 Å². The SMILES string of the molecule is CCCCC/C=C\C/C=C\CCCCCCCCCC(=O)OC(COC(=O)CCCCCCCCCCCCCCCCC)COC1OC(CO)C(O)C(O)C1O. The van der Waals surface area contributed by atoms with Crippen LogP contribution in [0.5, 0.6) is 0 Å². The smallest absolute Gasteiger partial charge is 0.306 e. The van der Waals surface area contributed by atoms with Gasteiger partial charge in [0, 0.05) is 12.8 Å². The summed E-state index contributed by atoms with van der Waals surface area (Å²) in [6.07, 6.45) is 34.6. The molecule has 10 heteroatoms. The fourth-order valence-corrected chi connectivity index (χ4v) is 7.10. The van der Waals surface area contributed by atoms with Gasteiger partial charge in [-0.15, -0.1) is 0 Å². The van der Waals surface area contributed by atoms with Crippen LogP contribution in [-0.2, 0) is 28.5 Å². The van der Waals surface area contributed by atoms with E-state index in [4.69, 9.17) is 18.9 Å². The molecule has 0 aromatic heterocycles. The van der Waals surface area contributed by atoms with Gasteiger partial charge in [0.15, 0.2) is 12.4 Å². The molecule has 0 amide bonds. The molecule has 0 aliphatic carbocycles. The number of unbranched alkanes of at least 4 members (excludes halogenated alkanes) is 24. The highest BCUT2D eigenvalue weighted by Gasteiger charge is 2.44. The summed E-state index contributed by atoms with van der Waals surface area (Å²) in [6, 6.07) is 0. The topological polar surface area (TPSA) is 152 Å². The molecule has 1 saturated heterocycles. The molecular formula is C47H86O10. The minimum Gasteiger partial charge on any atom is -0.462 e. The van der Waals surface area contributed by atoms with Crippen molar-refractivity contribution >= 4 is 11.9 Å². The first-order valence-electron chi connectivity index (χ1n) is 23.4. The van der Waals surface area contributed by atoms with E-state index in [0.717, 1.165) is 51.4 Å². The highest BCUT2D eigenvalue weighted by Crippen LogP contribution is 2.23. The Hall–Kier alpha value is -1.82. The number of carbonyl (C=O) groups excluding carboxylic acids is 2. The predicted octanol–water partition coefficient (Wildman–Crippen LogP) is 10.1. The van der Waals surface area contributed by atoms with Crippen LogP contribution in [0.1, 0.15) is 206 Å². The van der Waals surface area contributed by atoms with Gasteiger partial charge >= 0.3 is 11.9 Å². The number of hydrogen-bond donors (Lipinski definition) is 4. The molecule has 6 atom stereocenters. The second-order valence-corrected chi connectivity index (χ2v) is 16.2. The van der Waals surface area contributed by atoms with Crippen LogP contribution in [0.15, 0.2) is 24.3 Å². The van der Waals surface area contributed by atoms with Gasteiger partial charge in [0.1, 0.15) is 31.0 Å². The summed E-state index contributed by atoms with van der Waals surface area (Å²) >= 11 is 0. The molecule has 1 aliphatic rings. The third-order valence-electron chi connectivity index (χ3n) is 10.8. The van der Waals surface area contributed by atoms with Gasteiger partial charge in [-0.3, -0.25) is 9.59 Å². The van der Waals surface area contributed by atoms with Gasteiger partial charge in [-0.2, -0.15) is 0 Å². The van der Waals surface area contributed by atoms with Crippen LogP contribution in [0.4, 0.5) is 0 Å². The predicted molar refractivity (Wildman–Crippen MR) is 229 cm³/mol. The molecule has 1 aliphatic heterocycles. The van der Waals surface area contributed by atoms with Gasteiger partial charge in [-0.25, -0.2) is 0 Å². The van der Waals surface area contributed by atoms with Crippen LogP contribution in [-0.4, -0.2) is 89.0 Å². The largest absolute Gasteiger partial charge is 0.462 e. The van der Waals surface area contributed by atoms with Crippen LogP contribution in [0, 0.1) is 0 Å². The number of esters is 2. The summed E-state index contributed by atoms with van der Waals surface area (Å²) in [5.74, 6) is -0.807. The first-order chi connectivity index (χ1) is 27.8. The summed E-state index contributed by atoms with van der Waals surface area (Å²) < 4.78 is 22.2. The molecule has 0 spiro atoms. The molecule has 0 saturated carbocycles. The Morgan fingerprint density at radius 1 is 0.544 bits per heavy atom. The van der Waals surface area contributed by atoms with Gasteiger partial charge in [-0.1, -0.05) is 173 Å². The fraction of sp³-hybridized carbons (Fsp3) is 0.872. The van der Waals surface area contributed by atoms with E-state index in [9.17, 15) is 30.0 Å². The van der Waals surface area contributed by atoms with E-state index >= 15 is 0 Å². The minimum atomic E-state index is -1.59. The Labute approximate surface area is 347 Å². The molecular weight excluding hydrogens is 725 g/mol. The maximum absolute atomic E-state index is 12.8. The Morgan fingerprint density at radius 3 is 1.49 bits per heavy atom. The number of allylic oxidation sites excluding steroid dienone is 4. The van der Waals surface area contributed by atoms with Crippen LogP contribution >= 0.6 is 0 Å². The van der Waals surface area contributed by atoms with Gasteiger partial charge < -0.3 is 39.4 Å². The van der Waals surface area contributed by atoms with Crippen molar-refractivity contribution in [1.29, 1.82) is 0 Å². The van der Waals surface area contributed by atoms with E-state index in [1.165, 1.54) is 122 Å². The zero-order valence-corrected chi connectivity index (χ0v) is 36.3. The molecule has 1 heterocycles. The van der Waals surface area contributed by atoms with Crippen molar-refractivity contribution in [2.75, 3.05) is 19.8 Å². The second-order valence-electron chi connectivity index (χ2n) is 16.2. The van der Waals surface area contributed by atoms with Gasteiger partial charge in [0.05, 0.1) is 13.2 Å². The molecule has 0 aromatic carbocycles. The zero-order chi connectivity index (χ0) is 41.6. The third-order valence-corrected chi connectivity index (χ3v) is 10.8. The van der Waals surface area contributed by atoms with E-state index in [1.54, 1.807) is 0 Å². The lowest BCUT2D eigenvalue weighted by molar-refractivity contribution is -0.305. The highest BCUT2D eigenvalue weighted by atomic mass is 16.7. The summed E-state index contributed by atoms with van der Waals surface area (Å²) in [6.45, 7) is 3.41. The van der Waals surface area contributed by atoms with E-state index in [-0.39, 0.29) is 32.0 Å². The van der Waals surface area contributed by atoms with Gasteiger partial charge in [0.2, 0.25) is 0 Å². The maximum Gasteiger partial charge on any atom is 0.306 e. The van der Waals surface area contributed by atoms with Crippen molar-refractivity contribution in [2.45, 2.75) is 243 Å². The molecule has 10 nitrogen and oxygen atoms in total. The number of rotatable bonds is 39. The van der Waals surface area contributed by atoms with Crippen LogP contribution in [0.3, 0.4) is 0 Å².